The summed E-state index contributed by atoms with van der Waals surface area (Å²) >= 11 is 0. The number of rotatable bonds is 7. The van der Waals surface area contributed by atoms with Crippen LogP contribution in [0, 0.1) is 0 Å². The van der Waals surface area contributed by atoms with Crippen LogP contribution in [0.25, 0.3) is 0 Å². The van der Waals surface area contributed by atoms with E-state index >= 15 is 0 Å². The number of amides is 1. The van der Waals surface area contributed by atoms with E-state index in [0.717, 1.165) is 4.90 Å². The summed E-state index contributed by atoms with van der Waals surface area (Å²) in [5.74, 6) is -1.82. The molecule has 0 heterocycles. The third kappa shape index (κ3) is 6.27. The number of carbonyl (C=O) groups is 2. The van der Waals surface area contributed by atoms with Crippen molar-refractivity contribution in [2.75, 3.05) is 7.05 Å². The first-order chi connectivity index (χ1) is 8.19. The molecular weight excluding hydrogens is 251 g/mol. The summed E-state index contributed by atoms with van der Waals surface area (Å²) in [5, 5.41) is 8.86. The number of hydrogen-bond acceptors (Lipinski definition) is 2. The Morgan fingerprint density at radius 3 is 2.39 bits per heavy atom. The standard InChI is InChI=1S/C11H16F3NO3/c1-3-5-8(10(17)18)15(2)9(16)6-4-7-11(12,13)14/h3,8H,1,4-7H2,2H3,(H,17,18)/t8-/m0/s1. The lowest BCUT2D eigenvalue weighted by molar-refractivity contribution is -0.150. The molecule has 0 fully saturated rings. The summed E-state index contributed by atoms with van der Waals surface area (Å²) < 4.78 is 35.6. The lowest BCUT2D eigenvalue weighted by atomic mass is 10.1. The van der Waals surface area contributed by atoms with Gasteiger partial charge in [0.05, 0.1) is 0 Å². The average Bonchev–Trinajstić information content (AvgIpc) is 2.22. The second-order valence-electron chi connectivity index (χ2n) is 3.85. The van der Waals surface area contributed by atoms with E-state index in [1.807, 2.05) is 0 Å². The van der Waals surface area contributed by atoms with Gasteiger partial charge < -0.3 is 10.0 Å². The first-order valence-corrected chi connectivity index (χ1v) is 5.35. The first kappa shape index (κ1) is 16.5. The highest BCUT2D eigenvalue weighted by Crippen LogP contribution is 2.22. The Morgan fingerprint density at radius 2 is 2.00 bits per heavy atom. The van der Waals surface area contributed by atoms with Gasteiger partial charge in [0.1, 0.15) is 6.04 Å². The molecule has 18 heavy (non-hydrogen) atoms. The number of likely N-dealkylation sites (N-methyl/N-ethyl adjacent to an activating group) is 1. The molecule has 0 aromatic rings. The van der Waals surface area contributed by atoms with Crippen LogP contribution in [0.4, 0.5) is 13.2 Å². The number of nitrogens with zero attached hydrogens (tertiary/aromatic N) is 1. The van der Waals surface area contributed by atoms with E-state index < -0.39 is 30.5 Å². The van der Waals surface area contributed by atoms with Gasteiger partial charge in [-0.3, -0.25) is 4.79 Å². The van der Waals surface area contributed by atoms with E-state index in [1.165, 1.54) is 13.1 Å². The van der Waals surface area contributed by atoms with Crippen LogP contribution in [0.15, 0.2) is 12.7 Å². The lowest BCUT2D eigenvalue weighted by Gasteiger charge is -2.24. The predicted octanol–water partition coefficient (Wildman–Crippen LogP) is 2.21. The molecule has 1 N–H and O–H groups in total. The number of carboxylic acids is 1. The molecule has 104 valence electrons. The molecule has 4 nitrogen and oxygen atoms in total. The normalized spacial score (nSPS) is 12.9. The van der Waals surface area contributed by atoms with E-state index in [9.17, 15) is 22.8 Å². The van der Waals surface area contributed by atoms with Crippen LogP contribution in [0.3, 0.4) is 0 Å². The van der Waals surface area contributed by atoms with Crippen LogP contribution >= 0.6 is 0 Å². The van der Waals surface area contributed by atoms with Gasteiger partial charge in [-0.1, -0.05) is 6.08 Å². The van der Waals surface area contributed by atoms with Crippen molar-refractivity contribution in [3.8, 4) is 0 Å². The van der Waals surface area contributed by atoms with Crippen LogP contribution in [-0.2, 0) is 9.59 Å². The lowest BCUT2D eigenvalue weighted by Crippen LogP contribution is -2.42. The van der Waals surface area contributed by atoms with Crippen LogP contribution in [0.1, 0.15) is 25.7 Å². The highest BCUT2D eigenvalue weighted by atomic mass is 19.4. The molecule has 0 radical (unpaired) electrons. The SMILES string of the molecule is C=CC[C@@H](C(=O)O)N(C)C(=O)CCCC(F)(F)F. The van der Waals surface area contributed by atoms with Crippen molar-refractivity contribution in [3.05, 3.63) is 12.7 Å². The molecule has 0 rings (SSSR count). The third-order valence-corrected chi connectivity index (χ3v) is 2.39. The van der Waals surface area contributed by atoms with Gasteiger partial charge in [-0.15, -0.1) is 6.58 Å². The van der Waals surface area contributed by atoms with Crippen LogP contribution in [-0.4, -0.2) is 41.1 Å². The summed E-state index contributed by atoms with van der Waals surface area (Å²) in [6.07, 6.45) is -4.61. The Hall–Kier alpha value is -1.53. The molecule has 0 aliphatic rings. The van der Waals surface area contributed by atoms with Crippen molar-refractivity contribution in [1.82, 2.24) is 4.90 Å². The summed E-state index contributed by atoms with van der Waals surface area (Å²) in [4.78, 5) is 23.3. The van der Waals surface area contributed by atoms with Gasteiger partial charge in [0.25, 0.3) is 0 Å². The molecule has 1 amide bonds. The quantitative estimate of drug-likeness (QED) is 0.719. The molecular formula is C11H16F3NO3. The zero-order valence-electron chi connectivity index (χ0n) is 10.0. The first-order valence-electron chi connectivity index (χ1n) is 5.35. The van der Waals surface area contributed by atoms with E-state index in [0.29, 0.717) is 0 Å². The van der Waals surface area contributed by atoms with E-state index in [2.05, 4.69) is 6.58 Å². The fourth-order valence-corrected chi connectivity index (χ4v) is 1.37. The molecule has 0 saturated carbocycles. The number of aliphatic carboxylic acids is 1. The van der Waals surface area contributed by atoms with Gasteiger partial charge in [-0.25, -0.2) is 4.79 Å². The van der Waals surface area contributed by atoms with Gasteiger partial charge >= 0.3 is 12.1 Å². The molecule has 0 aromatic heterocycles. The maximum atomic E-state index is 11.9. The van der Waals surface area contributed by atoms with Crippen LogP contribution < -0.4 is 0 Å². The molecule has 0 bridgehead atoms. The number of hydrogen-bond donors (Lipinski definition) is 1. The van der Waals surface area contributed by atoms with Gasteiger partial charge in [0.2, 0.25) is 5.91 Å². The number of alkyl halides is 3. The van der Waals surface area contributed by atoms with Gasteiger partial charge in [-0.2, -0.15) is 13.2 Å². The number of carboxylic acid groups (broad SMARTS) is 1. The van der Waals surface area contributed by atoms with Crippen molar-refractivity contribution in [2.24, 2.45) is 0 Å². The van der Waals surface area contributed by atoms with Crippen molar-refractivity contribution < 1.29 is 27.9 Å². The predicted molar refractivity (Wildman–Crippen MR) is 58.9 cm³/mol. The maximum absolute atomic E-state index is 11.9. The minimum Gasteiger partial charge on any atom is -0.480 e. The van der Waals surface area contributed by atoms with Crippen molar-refractivity contribution in [3.63, 3.8) is 0 Å². The Morgan fingerprint density at radius 1 is 1.44 bits per heavy atom. The molecule has 0 aliphatic heterocycles. The summed E-state index contributed by atoms with van der Waals surface area (Å²) in [6, 6.07) is -1.08. The maximum Gasteiger partial charge on any atom is 0.389 e. The van der Waals surface area contributed by atoms with Crippen molar-refractivity contribution in [2.45, 2.75) is 37.9 Å². The summed E-state index contributed by atoms with van der Waals surface area (Å²) in [7, 11) is 1.26. The molecule has 0 aliphatic carbocycles. The smallest absolute Gasteiger partial charge is 0.389 e. The molecule has 0 spiro atoms. The molecule has 7 heteroatoms. The fraction of sp³-hybridized carbons (Fsp3) is 0.636. The zero-order chi connectivity index (χ0) is 14.3. The number of halogens is 3. The second-order valence-corrected chi connectivity index (χ2v) is 3.85. The van der Waals surface area contributed by atoms with Crippen molar-refractivity contribution in [1.29, 1.82) is 0 Å². The minimum absolute atomic E-state index is 0.0524. The van der Waals surface area contributed by atoms with Crippen molar-refractivity contribution >= 4 is 11.9 Å². The molecule has 0 aromatic carbocycles. The van der Waals surface area contributed by atoms with Crippen LogP contribution in [0.5, 0.6) is 0 Å². The largest absolute Gasteiger partial charge is 0.480 e. The summed E-state index contributed by atoms with van der Waals surface area (Å²) in [5.41, 5.74) is 0. The zero-order valence-corrected chi connectivity index (χ0v) is 10.0. The third-order valence-electron chi connectivity index (χ3n) is 2.39. The Balaban J connectivity index is 4.31. The van der Waals surface area contributed by atoms with E-state index in [1.54, 1.807) is 0 Å². The Labute approximate surface area is 103 Å². The molecule has 1 atom stereocenters. The van der Waals surface area contributed by atoms with Crippen LogP contribution in [0.2, 0.25) is 0 Å². The summed E-state index contributed by atoms with van der Waals surface area (Å²) in [6.45, 7) is 3.37. The topological polar surface area (TPSA) is 57.6 Å². The van der Waals surface area contributed by atoms with E-state index in [-0.39, 0.29) is 19.3 Å². The van der Waals surface area contributed by atoms with Gasteiger partial charge in [0.15, 0.2) is 0 Å². The van der Waals surface area contributed by atoms with Gasteiger partial charge in [0, 0.05) is 19.9 Å². The fourth-order valence-electron chi connectivity index (χ4n) is 1.37. The highest BCUT2D eigenvalue weighted by molar-refractivity contribution is 5.83. The number of carbonyl (C=O) groups excluding carboxylic acids is 1. The molecule has 0 saturated heterocycles. The minimum atomic E-state index is -4.30. The van der Waals surface area contributed by atoms with E-state index in [4.69, 9.17) is 5.11 Å². The Bertz CT molecular complexity index is 315. The monoisotopic (exact) mass is 267 g/mol. The average molecular weight is 267 g/mol. The molecule has 0 unspecified atom stereocenters. The van der Waals surface area contributed by atoms with Gasteiger partial charge in [-0.05, 0) is 12.8 Å². The highest BCUT2D eigenvalue weighted by Gasteiger charge is 2.28. The second kappa shape index (κ2) is 7.03. The Kier molecular flexibility index (Phi) is 6.43.